The van der Waals surface area contributed by atoms with Crippen LogP contribution in [0.4, 0.5) is 65.4 Å². The molecule has 4 amide bonds. The summed E-state index contributed by atoms with van der Waals surface area (Å²) in [7, 11) is -2.89. The maximum atomic E-state index is 13.7. The normalized spacial score (nSPS) is 16.9. The molecule has 6 aliphatic heterocycles. The van der Waals surface area contributed by atoms with Crippen LogP contribution < -0.4 is 58.6 Å². The molecule has 6 saturated heterocycles. The first-order valence-corrected chi connectivity index (χ1v) is 48.0. The average Bonchev–Trinajstić information content (AvgIpc) is 0.784. The monoisotopic (exact) mass is 1900 g/mol. The van der Waals surface area contributed by atoms with Gasteiger partial charge in [-0.3, -0.25) is 24.1 Å². The molecule has 30 nitrogen and oxygen atoms in total. The van der Waals surface area contributed by atoms with E-state index in [1.54, 1.807) is 49.6 Å². The number of hydrogen-bond donors (Lipinski definition) is 8. The van der Waals surface area contributed by atoms with Crippen molar-refractivity contribution in [2.75, 3.05) is 140 Å². The van der Waals surface area contributed by atoms with Crippen LogP contribution in [-0.2, 0) is 76.2 Å². The third-order valence-corrected chi connectivity index (χ3v) is 27.8. The molecule has 10 heterocycles. The van der Waals surface area contributed by atoms with Crippen molar-refractivity contribution in [2.24, 2.45) is 0 Å². The topological polar surface area (TPSA) is 420 Å². The molecule has 0 aliphatic carbocycles. The number of hydrogen-bond acceptors (Lipinski definition) is 26. The fraction of sp³-hybridized carbons (Fsp3) is 0.295. The van der Waals surface area contributed by atoms with Gasteiger partial charge in [0.25, 0.3) is 0 Å². The Bertz CT molecular complexity index is 6390. The van der Waals surface area contributed by atoms with Gasteiger partial charge in [-0.05, 0) is 193 Å². The molecule has 6 fully saturated rings. The number of alkyl halides is 3. The van der Waals surface area contributed by atoms with Gasteiger partial charge in [-0.1, -0.05) is 140 Å². The number of ether oxygens (including phenoxy) is 6. The Kier molecular flexibility index (Phi) is 31.3. The lowest BCUT2D eigenvalue weighted by Gasteiger charge is -2.36. The van der Waals surface area contributed by atoms with Gasteiger partial charge in [-0.2, -0.15) is 0 Å². The van der Waals surface area contributed by atoms with Crippen LogP contribution in [0.15, 0.2) is 274 Å². The van der Waals surface area contributed by atoms with E-state index >= 15 is 0 Å². The minimum Gasteiger partial charge on any atom is -0.457 e. The Morgan fingerprint density at radius 1 is 0.345 bits per heavy atom. The molecule has 34 heteroatoms. The second-order valence-corrected chi connectivity index (χ2v) is 37.3. The average molecular weight is 1900 g/mol. The quantitative estimate of drug-likeness (QED) is 0.0312. The molecule has 0 radical (unpaired) electrons. The van der Waals surface area contributed by atoms with Gasteiger partial charge in [0.2, 0.25) is 47.4 Å². The Morgan fingerprint density at radius 3 is 0.978 bits per heavy atom. The van der Waals surface area contributed by atoms with Crippen LogP contribution in [0.25, 0.3) is 44.5 Å². The number of sulfone groups is 1. The van der Waals surface area contributed by atoms with Crippen molar-refractivity contribution in [3.05, 3.63) is 302 Å². The van der Waals surface area contributed by atoms with E-state index in [1.165, 1.54) is 43.1 Å². The number of rotatable bonds is 22. The highest BCUT2D eigenvalue weighted by atomic mass is 32.2. The first-order chi connectivity index (χ1) is 67.3. The van der Waals surface area contributed by atoms with Crippen molar-refractivity contribution in [1.82, 2.24) is 44.8 Å². The lowest BCUT2D eigenvalue weighted by molar-refractivity contribution is -0.274. The van der Waals surface area contributed by atoms with Crippen molar-refractivity contribution in [3.8, 4) is 61.8 Å². The summed E-state index contributed by atoms with van der Waals surface area (Å²) >= 11 is 0. The van der Waals surface area contributed by atoms with E-state index in [0.29, 0.717) is 135 Å². The number of aromatic nitrogens is 8. The van der Waals surface area contributed by atoms with Gasteiger partial charge >= 0.3 is 6.36 Å². The molecule has 9 aromatic carbocycles. The summed E-state index contributed by atoms with van der Waals surface area (Å²) < 4.78 is 93.1. The van der Waals surface area contributed by atoms with Crippen LogP contribution in [0.5, 0.6) is 17.2 Å². The van der Waals surface area contributed by atoms with Crippen LogP contribution in [0.1, 0.15) is 98.4 Å². The number of benzene rings is 9. The number of nitrogen functional groups attached to an aromatic ring is 4. The summed E-state index contributed by atoms with van der Waals surface area (Å²) in [6, 6.07) is 69.8. The summed E-state index contributed by atoms with van der Waals surface area (Å²) in [5.74, 6) is 1.90. The summed E-state index contributed by atoms with van der Waals surface area (Å²) in [6.07, 6.45) is 16.9. The molecule has 0 saturated carbocycles. The number of piperidine rings is 1. The Morgan fingerprint density at radius 2 is 0.647 bits per heavy atom. The molecule has 0 bridgehead atoms. The van der Waals surface area contributed by atoms with Crippen LogP contribution in [-0.4, -0.2) is 174 Å². The van der Waals surface area contributed by atoms with E-state index < -0.39 is 43.6 Å². The number of para-hydroxylation sites is 1. The molecule has 0 unspecified atom stereocenters. The van der Waals surface area contributed by atoms with E-state index in [9.17, 15) is 40.8 Å². The van der Waals surface area contributed by atoms with Gasteiger partial charge in [0.15, 0.2) is 9.84 Å². The molecular formula is C105H109F3N18O12S. The van der Waals surface area contributed by atoms with Crippen LogP contribution in [0.2, 0.25) is 0 Å². The predicted molar refractivity (Wildman–Crippen MR) is 528 cm³/mol. The molecule has 139 heavy (non-hydrogen) atoms. The van der Waals surface area contributed by atoms with Crippen LogP contribution in [0.3, 0.4) is 0 Å². The summed E-state index contributed by atoms with van der Waals surface area (Å²) in [6.45, 7) is 8.00. The number of anilines is 9. The smallest absolute Gasteiger partial charge is 0.457 e. The van der Waals surface area contributed by atoms with Gasteiger partial charge in [-0.15, -0.1) is 13.2 Å². The number of amides is 4. The SMILES string of the molecule is Nc1ncc(-c2ccc(C3(C(=O)Nc4ccc(CN5CCS(=O)(=O)CC5)cc4)CCOCC3)cc2)cn1.Nc1ncc(-c2ccc(C3(C(=O)Nc4ccc(N5CCCCC5)cc4)CCOCC3)cc2)cn1.Nc1ncc(-c2ccc(C3(C(=O)Nc4cccc(OC(F)(F)F)c4)CCOCC3)cc2)cn1.Nc1ncc(-c2ccc(C3(C(=O)Nc4cccc(Oc5ccccc5)c4)CCOCC3)cc2)cn1. The molecule has 4 aromatic heterocycles. The molecule has 6 aliphatic rings. The van der Waals surface area contributed by atoms with E-state index in [2.05, 4.69) is 87.8 Å². The highest BCUT2D eigenvalue weighted by Gasteiger charge is 2.46. The van der Waals surface area contributed by atoms with E-state index in [4.69, 9.17) is 46.6 Å². The van der Waals surface area contributed by atoms with Crippen molar-refractivity contribution in [3.63, 3.8) is 0 Å². The molecule has 13 aromatic rings. The van der Waals surface area contributed by atoms with E-state index in [-0.39, 0.29) is 64.6 Å². The largest absolute Gasteiger partial charge is 0.573 e. The molecule has 718 valence electrons. The fourth-order valence-corrected chi connectivity index (χ4v) is 19.4. The van der Waals surface area contributed by atoms with Gasteiger partial charge in [0.1, 0.15) is 17.2 Å². The fourth-order valence-electron chi connectivity index (χ4n) is 18.1. The second-order valence-electron chi connectivity index (χ2n) is 35.0. The number of halogens is 3. The number of nitrogens with one attached hydrogen (secondary N) is 4. The van der Waals surface area contributed by atoms with E-state index in [1.807, 2.05) is 188 Å². The number of nitrogens with zero attached hydrogens (tertiary/aromatic N) is 10. The maximum absolute atomic E-state index is 13.7. The van der Waals surface area contributed by atoms with Crippen LogP contribution in [0, 0.1) is 0 Å². The first kappa shape index (κ1) is 97.4. The zero-order chi connectivity index (χ0) is 96.8. The summed E-state index contributed by atoms with van der Waals surface area (Å²) in [4.78, 5) is 91.4. The Balaban J connectivity index is 0.000000134. The van der Waals surface area contributed by atoms with Crippen molar-refractivity contribution < 1.29 is 69.2 Å². The minimum absolute atomic E-state index is 0.0186. The Hall–Kier alpha value is -14.7. The first-order valence-electron chi connectivity index (χ1n) is 46.2. The molecule has 12 N–H and O–H groups in total. The Labute approximate surface area is 803 Å². The molecular weight excluding hydrogens is 1790 g/mol. The van der Waals surface area contributed by atoms with Gasteiger partial charge in [0, 0.05) is 198 Å². The molecule has 0 atom stereocenters. The molecule has 0 spiro atoms. The highest BCUT2D eigenvalue weighted by molar-refractivity contribution is 7.91. The van der Waals surface area contributed by atoms with Gasteiger partial charge in [0.05, 0.1) is 33.2 Å². The second kappa shape index (κ2) is 44.6. The van der Waals surface area contributed by atoms with E-state index in [0.717, 1.165) is 109 Å². The highest BCUT2D eigenvalue weighted by Crippen LogP contribution is 2.44. The maximum Gasteiger partial charge on any atom is 0.573 e. The lowest BCUT2D eigenvalue weighted by atomic mass is 9.73. The number of carbonyl (C=O) groups is 4. The zero-order valence-electron chi connectivity index (χ0n) is 76.6. The summed E-state index contributed by atoms with van der Waals surface area (Å²) in [5, 5.41) is 12.2. The third kappa shape index (κ3) is 24.8. The van der Waals surface area contributed by atoms with Gasteiger partial charge < -0.3 is 77.5 Å². The van der Waals surface area contributed by atoms with Crippen molar-refractivity contribution in [2.45, 2.75) is 105 Å². The predicted octanol–water partition coefficient (Wildman–Crippen LogP) is 16.6. The summed E-state index contributed by atoms with van der Waals surface area (Å²) in [5.41, 5.74) is 35.0. The molecule has 19 rings (SSSR count). The van der Waals surface area contributed by atoms with Crippen molar-refractivity contribution >= 4 is 85.7 Å². The standard InChI is InChI=1S/C28H26N4O3.C27H31N5O4S.C27H31N5O2.C23H21F3N4O3/c29-27-30-18-21(19-31-27)20-9-11-22(12-10-20)28(13-15-34-16-14-28)26(33)32-23-5-4-8-25(17-23)35-24-6-2-1-3-7-24;28-26-29-17-22(18-30-26)21-3-5-23(6-4-21)27(9-13-36-14-10-27)25(33)31-24-7-1-20(2-8-24)19-32-11-15-37(34,35)16-12-32;28-26-29-18-21(19-30-26)20-4-6-22(7-5-20)27(12-16-34-17-13-27)25(33)31-23-8-10-24(11-9-23)32-14-2-1-3-15-32;24-23(25,26)33-19-3-1-2-18(12-19)30-20(31)22(8-10-32-11-9-22)17-6-4-15(5-7-17)16-13-28-21(27)29-14-16/h1-12,17-19H,13-16H2,(H,32,33)(H2,29,30,31);1-8,17-18H,9-16,19H2,(H,31,33)(H2,28,29,30);4-11,18-19H,1-3,12-17H2,(H,31,33)(H2,28,29,30);1-7,12-14H,8-11H2,(H,30,31)(H2,27,28,29). The van der Waals surface area contributed by atoms with Crippen molar-refractivity contribution in [1.29, 1.82) is 0 Å². The lowest BCUT2D eigenvalue weighted by Crippen LogP contribution is -2.44. The minimum atomic E-state index is -4.82. The van der Waals surface area contributed by atoms with Gasteiger partial charge in [-0.25, -0.2) is 48.3 Å². The number of nitrogens with two attached hydrogens (primary N) is 4. The zero-order valence-corrected chi connectivity index (χ0v) is 77.4. The number of carbonyl (C=O) groups excluding carboxylic acids is 4. The third-order valence-electron chi connectivity index (χ3n) is 26.2. The van der Waals surface area contributed by atoms with Crippen LogP contribution >= 0.6 is 0 Å².